The average Bonchev–Trinajstić information content (AvgIpc) is 0.718. The van der Waals surface area contributed by atoms with Crippen LogP contribution in [0.2, 0.25) is 0 Å². The second-order valence-corrected chi connectivity index (χ2v) is 29.3. The predicted octanol–water partition coefficient (Wildman–Crippen LogP) is 14.0. The number of likely N-dealkylation sites (N-methyl/N-ethyl adjacent to an activating group) is 2. The van der Waals surface area contributed by atoms with Crippen LogP contribution in [0.1, 0.15) is 96.6 Å². The van der Waals surface area contributed by atoms with Crippen molar-refractivity contribution < 1.29 is 77.8 Å². The number of esters is 1. The number of methoxy groups -OCH3 is 2. The molecule has 21 nitrogen and oxygen atoms in total. The van der Waals surface area contributed by atoms with E-state index in [-0.39, 0.29) is 128 Å². The summed E-state index contributed by atoms with van der Waals surface area (Å²) in [4.78, 5) is 15.9. The monoisotopic (exact) mass is 1470 g/mol. The van der Waals surface area contributed by atoms with Crippen LogP contribution >= 0.6 is 0 Å². The number of nitrogens with one attached hydrogen (secondary N) is 2. The normalized spacial score (nSPS) is 16.5. The van der Waals surface area contributed by atoms with E-state index in [2.05, 4.69) is 144 Å². The standard InChI is InChI=1S/C40H49N2O3.2C19H19N3O5S.Co/c1-10-13-18-44-38(43)28-17-15-14-16-27(28)37-31-19-29-25(4)23-39(6,7)41(11-2)33(29)21-35(31)45-36-22-34-30(20-32(36)37)26(5)24-40(8,9)42(34)12-3;2*1-27-11-10-20-28(25,26)14-7-9-17(23)16(12-14)21-22-19-15-5-3-2-4-13(15)6-8-18(19)24;/h14-17,19-24,31,35H,10-13,18H2,1-9H3;2*2-9,12,20,23-24H,10-11H2,1H3;/q+1;;;. The van der Waals surface area contributed by atoms with E-state index in [0.717, 1.165) is 58.8 Å². The van der Waals surface area contributed by atoms with Gasteiger partial charge in [-0.05, 0) is 159 Å². The molecule has 2 atom stereocenters. The number of benzene rings is 8. The number of aromatic hydroxyl groups is 4. The maximum atomic E-state index is 13.6. The Bertz CT molecular complexity index is 4890. The summed E-state index contributed by atoms with van der Waals surface area (Å²) in [6.07, 6.45) is 11.1. The first-order chi connectivity index (χ1) is 48.3. The molecule has 1 aliphatic carbocycles. The van der Waals surface area contributed by atoms with Gasteiger partial charge in [0.15, 0.2) is 5.54 Å². The van der Waals surface area contributed by atoms with Gasteiger partial charge in [-0.2, -0.15) is 0 Å². The second-order valence-electron chi connectivity index (χ2n) is 25.8. The molecule has 6 N–H and O–H groups in total. The van der Waals surface area contributed by atoms with Gasteiger partial charge in [0, 0.05) is 97.6 Å². The number of hydrogen-bond donors (Lipinski definition) is 6. The van der Waals surface area contributed by atoms with Crippen molar-refractivity contribution >= 4 is 81.5 Å². The summed E-state index contributed by atoms with van der Waals surface area (Å²) in [6.45, 7) is 23.0. The van der Waals surface area contributed by atoms with Crippen LogP contribution in [-0.4, -0.2) is 126 Å². The fourth-order valence-corrected chi connectivity index (χ4v) is 15.3. The Kier molecular flexibility index (Phi) is 24.6. The molecule has 0 amide bonds. The summed E-state index contributed by atoms with van der Waals surface area (Å²) < 4.78 is 78.9. The first kappa shape index (κ1) is 76.8. The number of carbonyl (C=O) groups is 1. The van der Waals surface area contributed by atoms with Crippen molar-refractivity contribution in [3.63, 3.8) is 0 Å². The van der Waals surface area contributed by atoms with Gasteiger partial charge in [0.25, 0.3) is 0 Å². The zero-order valence-electron chi connectivity index (χ0n) is 59.0. The van der Waals surface area contributed by atoms with E-state index >= 15 is 0 Å². The van der Waals surface area contributed by atoms with Crippen LogP contribution < -0.4 is 29.3 Å². The first-order valence-electron chi connectivity index (χ1n) is 33.5. The Labute approximate surface area is 606 Å². The summed E-state index contributed by atoms with van der Waals surface area (Å²) in [5.74, 6) is -0.107. The number of carbonyl (C=O) groups excluding carboxylic acids is 1. The molecule has 0 spiro atoms. The molecule has 537 valence electrons. The van der Waals surface area contributed by atoms with E-state index in [1.54, 1.807) is 36.4 Å². The molecule has 102 heavy (non-hydrogen) atoms. The minimum Gasteiger partial charge on any atom is -0.506 e. The number of unbranched alkanes of at least 4 members (excludes halogenated alkanes) is 1. The number of azo groups is 2. The Morgan fingerprint density at radius 1 is 0.618 bits per heavy atom. The third-order valence-corrected chi connectivity index (χ3v) is 20.9. The molecule has 0 fully saturated rings. The van der Waals surface area contributed by atoms with Crippen LogP contribution in [0.4, 0.5) is 22.7 Å². The van der Waals surface area contributed by atoms with Gasteiger partial charge < -0.3 is 44.3 Å². The minimum absolute atomic E-state index is 0. The molecule has 0 saturated heterocycles. The SMILES string of the molecule is CCCCOC(=O)c1ccccc1C1=c2cc3c(cc2OC2C=C4C(=CC12)C(C)=CC(C)(C)N4CC)=[N+](CC)C(C)(C)C=C3C.COCCNS(=O)(=O)c1ccc(O)c(N=Nc2c(O)ccc3ccccc23)c1.COCCNS(=O)(=O)c1ccc(O)c(N=Nc2c(O)ccc3ccccc23)c1.[Co]. The quantitative estimate of drug-likeness (QED) is 0.0169. The fourth-order valence-electron chi connectivity index (χ4n) is 13.3. The molecular weight excluding hydrogens is 1380 g/mol. The number of phenols is 4. The van der Waals surface area contributed by atoms with Gasteiger partial charge in [0.05, 0.1) is 46.8 Å². The number of hydrogen-bond acceptors (Lipinski definition) is 18. The number of allylic oxidation sites excluding steroid dienone is 2. The van der Waals surface area contributed by atoms with Gasteiger partial charge >= 0.3 is 5.97 Å². The average molecular weight is 1470 g/mol. The van der Waals surface area contributed by atoms with Crippen molar-refractivity contribution in [2.24, 2.45) is 26.4 Å². The van der Waals surface area contributed by atoms with E-state index < -0.39 is 20.0 Å². The van der Waals surface area contributed by atoms with Crippen molar-refractivity contribution in [3.8, 4) is 28.7 Å². The predicted molar refractivity (Wildman–Crippen MR) is 394 cm³/mol. The molecule has 2 unspecified atom stereocenters. The smallest absolute Gasteiger partial charge is 0.338 e. The molecule has 0 aromatic heterocycles. The Morgan fingerprint density at radius 2 is 1.15 bits per heavy atom. The first-order valence-corrected chi connectivity index (χ1v) is 36.5. The molecule has 12 rings (SSSR count). The van der Waals surface area contributed by atoms with Gasteiger partial charge in [-0.3, -0.25) is 0 Å². The third kappa shape index (κ3) is 16.7. The van der Waals surface area contributed by atoms with Gasteiger partial charge in [0.1, 0.15) is 64.1 Å². The molecule has 8 aromatic carbocycles. The molecule has 0 bridgehead atoms. The summed E-state index contributed by atoms with van der Waals surface area (Å²) in [5.41, 5.74) is 9.03. The maximum Gasteiger partial charge on any atom is 0.338 e. The molecular formula is C78H87CoN8O13S2+. The molecule has 4 aliphatic rings. The van der Waals surface area contributed by atoms with Gasteiger partial charge in [-0.15, -0.1) is 20.5 Å². The van der Waals surface area contributed by atoms with Gasteiger partial charge in [0.2, 0.25) is 25.4 Å². The molecule has 1 radical (unpaired) electrons. The summed E-state index contributed by atoms with van der Waals surface area (Å²) in [5, 5.41) is 61.6. The zero-order chi connectivity index (χ0) is 72.6. The fraction of sp³-hybridized carbons (Fsp3) is 0.308. The van der Waals surface area contributed by atoms with Crippen molar-refractivity contribution in [1.82, 2.24) is 18.9 Å². The number of rotatable bonds is 21. The number of ether oxygens (including phenoxy) is 4. The number of sulfonamides is 2. The van der Waals surface area contributed by atoms with E-state index in [9.17, 15) is 42.1 Å². The Morgan fingerprint density at radius 3 is 1.68 bits per heavy atom. The van der Waals surface area contributed by atoms with E-state index in [1.807, 2.05) is 42.5 Å². The molecule has 24 heteroatoms. The second kappa shape index (κ2) is 32.7. The maximum absolute atomic E-state index is 13.6. The van der Waals surface area contributed by atoms with Gasteiger partial charge in [-0.1, -0.05) is 104 Å². The Hall–Kier alpha value is -9.37. The summed E-state index contributed by atoms with van der Waals surface area (Å²) >= 11 is 0. The van der Waals surface area contributed by atoms with E-state index in [0.29, 0.717) is 22.9 Å². The van der Waals surface area contributed by atoms with Crippen LogP contribution in [-0.2, 0) is 51.0 Å². The largest absolute Gasteiger partial charge is 0.506 e. The topological polar surface area (TPSA) is 283 Å². The van der Waals surface area contributed by atoms with Crippen LogP contribution in [0.15, 0.2) is 217 Å². The summed E-state index contributed by atoms with van der Waals surface area (Å²) in [6, 6.07) is 41.0. The zero-order valence-corrected chi connectivity index (χ0v) is 61.7. The van der Waals surface area contributed by atoms with E-state index in [1.165, 1.54) is 96.1 Å². The van der Waals surface area contributed by atoms with Crippen molar-refractivity contribution in [1.29, 1.82) is 0 Å². The van der Waals surface area contributed by atoms with Crippen molar-refractivity contribution in [2.45, 2.75) is 102 Å². The summed E-state index contributed by atoms with van der Waals surface area (Å²) in [7, 11) is -4.64. The van der Waals surface area contributed by atoms with E-state index in [4.69, 9.17) is 18.9 Å². The van der Waals surface area contributed by atoms with Crippen molar-refractivity contribution in [2.75, 3.05) is 60.2 Å². The van der Waals surface area contributed by atoms with Crippen LogP contribution in [0.25, 0.3) is 32.7 Å². The molecule has 0 saturated carbocycles. The minimum atomic E-state index is -3.79. The molecule has 3 heterocycles. The van der Waals surface area contributed by atoms with Crippen LogP contribution in [0.5, 0.6) is 28.7 Å². The number of phenolic OH excluding ortho intramolecular Hbond substituents is 4. The van der Waals surface area contributed by atoms with Crippen LogP contribution in [0.3, 0.4) is 0 Å². The van der Waals surface area contributed by atoms with Gasteiger partial charge in [-0.25, -0.2) is 35.6 Å². The molecule has 8 aromatic rings. The third-order valence-electron chi connectivity index (χ3n) is 18.0. The number of fused-ring (bicyclic) bond motifs is 6. The number of nitrogens with zero attached hydrogens (tertiary/aromatic N) is 6. The van der Waals surface area contributed by atoms with Crippen molar-refractivity contribution in [3.05, 3.63) is 214 Å². The Balaban J connectivity index is 0.000000186. The molecule has 3 aliphatic heterocycles. The van der Waals surface area contributed by atoms with Crippen LogP contribution in [0, 0.1) is 5.92 Å².